The van der Waals surface area contributed by atoms with Crippen molar-refractivity contribution in [2.24, 2.45) is 7.05 Å². The molecule has 0 aromatic carbocycles. The van der Waals surface area contributed by atoms with Gasteiger partial charge in [-0.1, -0.05) is 0 Å². The Morgan fingerprint density at radius 1 is 1.40 bits per heavy atom. The van der Waals surface area contributed by atoms with E-state index in [9.17, 15) is 0 Å². The van der Waals surface area contributed by atoms with E-state index in [0.717, 1.165) is 49.9 Å². The number of aryl methyl sites for hydroxylation is 1. The van der Waals surface area contributed by atoms with E-state index in [1.807, 2.05) is 28.7 Å². The van der Waals surface area contributed by atoms with Crippen molar-refractivity contribution in [3.63, 3.8) is 0 Å². The Hall–Kier alpha value is -1.89. The zero-order valence-electron chi connectivity index (χ0n) is 11.5. The molecule has 7 nitrogen and oxygen atoms in total. The lowest BCUT2D eigenvalue weighted by Crippen LogP contribution is -2.26. The average molecular weight is 274 g/mol. The highest BCUT2D eigenvalue weighted by Gasteiger charge is 2.29. The van der Waals surface area contributed by atoms with E-state index in [2.05, 4.69) is 20.5 Å². The first kappa shape index (κ1) is 11.9. The molecule has 4 heterocycles. The van der Waals surface area contributed by atoms with Crippen molar-refractivity contribution < 1.29 is 4.74 Å². The van der Waals surface area contributed by atoms with Crippen LogP contribution in [-0.2, 0) is 11.8 Å². The molecule has 2 aliphatic rings. The molecule has 0 aliphatic carbocycles. The monoisotopic (exact) mass is 274 g/mol. The van der Waals surface area contributed by atoms with E-state index in [1.54, 1.807) is 0 Å². The minimum absolute atomic E-state index is 0.0575. The van der Waals surface area contributed by atoms with Crippen molar-refractivity contribution in [1.29, 1.82) is 0 Å². The summed E-state index contributed by atoms with van der Waals surface area (Å²) in [5, 5.41) is 12.3. The first-order valence-electron chi connectivity index (χ1n) is 7.13. The van der Waals surface area contributed by atoms with Gasteiger partial charge in [-0.2, -0.15) is 15.2 Å². The second-order valence-electron chi connectivity index (χ2n) is 5.35. The van der Waals surface area contributed by atoms with Crippen molar-refractivity contribution in [3.05, 3.63) is 23.8 Å². The van der Waals surface area contributed by atoms with Crippen LogP contribution >= 0.6 is 0 Å². The van der Waals surface area contributed by atoms with Crippen LogP contribution in [0.1, 0.15) is 42.9 Å². The largest absolute Gasteiger partial charge is 0.370 e. The third-order valence-electron chi connectivity index (χ3n) is 4.06. The van der Waals surface area contributed by atoms with E-state index >= 15 is 0 Å². The summed E-state index contributed by atoms with van der Waals surface area (Å²) >= 11 is 0. The molecule has 0 spiro atoms. The zero-order valence-corrected chi connectivity index (χ0v) is 11.5. The maximum absolute atomic E-state index is 5.68. The number of nitrogens with one attached hydrogen (secondary N) is 1. The second-order valence-corrected chi connectivity index (χ2v) is 5.35. The average Bonchev–Trinajstić information content (AvgIpc) is 3.17. The van der Waals surface area contributed by atoms with Crippen LogP contribution in [0.3, 0.4) is 0 Å². The minimum Gasteiger partial charge on any atom is -0.370 e. The van der Waals surface area contributed by atoms with Gasteiger partial charge in [0.1, 0.15) is 6.10 Å². The fraction of sp³-hybridized carbons (Fsp3) is 0.615. The summed E-state index contributed by atoms with van der Waals surface area (Å²) in [5.74, 6) is 1.65. The fourth-order valence-electron chi connectivity index (χ4n) is 3.02. The van der Waals surface area contributed by atoms with Gasteiger partial charge in [-0.3, -0.25) is 4.68 Å². The summed E-state index contributed by atoms with van der Waals surface area (Å²) in [6.45, 7) is 1.71. The molecular weight excluding hydrogens is 256 g/mol. The summed E-state index contributed by atoms with van der Waals surface area (Å²) in [6, 6.07) is 2.24. The number of hydrogen-bond donors (Lipinski definition) is 1. The smallest absolute Gasteiger partial charge is 0.222 e. The van der Waals surface area contributed by atoms with Crippen LogP contribution in [0, 0.1) is 0 Å². The van der Waals surface area contributed by atoms with E-state index in [-0.39, 0.29) is 12.1 Å². The highest BCUT2D eigenvalue weighted by atomic mass is 16.5. The number of ether oxygens (including phenoxy) is 1. The molecule has 20 heavy (non-hydrogen) atoms. The Balaban J connectivity index is 1.71. The molecule has 0 saturated carbocycles. The van der Waals surface area contributed by atoms with Gasteiger partial charge < -0.3 is 10.1 Å². The van der Waals surface area contributed by atoms with Crippen LogP contribution < -0.4 is 5.32 Å². The number of nitrogens with zero attached hydrogens (tertiary/aromatic N) is 5. The predicted molar refractivity (Wildman–Crippen MR) is 72.4 cm³/mol. The molecular formula is C13H18N6O. The van der Waals surface area contributed by atoms with E-state index in [0.29, 0.717) is 0 Å². The van der Waals surface area contributed by atoms with Crippen molar-refractivity contribution in [1.82, 2.24) is 24.5 Å². The van der Waals surface area contributed by atoms with Crippen LogP contribution in [0.25, 0.3) is 0 Å². The molecule has 0 bridgehead atoms. The molecule has 2 aliphatic heterocycles. The number of hydrogen-bond acceptors (Lipinski definition) is 5. The van der Waals surface area contributed by atoms with Crippen LogP contribution in [-0.4, -0.2) is 37.7 Å². The van der Waals surface area contributed by atoms with E-state index < -0.39 is 0 Å². The van der Waals surface area contributed by atoms with Gasteiger partial charge >= 0.3 is 0 Å². The summed E-state index contributed by atoms with van der Waals surface area (Å²) in [6.07, 6.45) is 4.98. The lowest BCUT2D eigenvalue weighted by molar-refractivity contribution is 0.105. The molecule has 1 saturated heterocycles. The molecule has 106 valence electrons. The molecule has 1 N–H and O–H groups in total. The standard InChI is InChI=1S/C13H18N6O/c1-18-9(5-7-15-18)10-4-6-14-13-16-12(17-19(10)13)11-3-2-8-20-11/h5,7,10-11H,2-4,6,8H2,1H3,(H,14,16,17). The Kier molecular flexibility index (Phi) is 2.73. The van der Waals surface area contributed by atoms with Crippen LogP contribution in [0.4, 0.5) is 5.95 Å². The van der Waals surface area contributed by atoms with Gasteiger partial charge in [0, 0.05) is 26.4 Å². The summed E-state index contributed by atoms with van der Waals surface area (Å²) < 4.78 is 9.58. The second kappa shape index (κ2) is 4.59. The maximum Gasteiger partial charge on any atom is 0.222 e. The van der Waals surface area contributed by atoms with Crippen molar-refractivity contribution in [2.75, 3.05) is 18.5 Å². The van der Waals surface area contributed by atoms with Gasteiger partial charge in [-0.15, -0.1) is 0 Å². The number of rotatable bonds is 2. The SMILES string of the molecule is Cn1nccc1C1CCNc2nc(C3CCCO3)nn21. The zero-order chi connectivity index (χ0) is 13.5. The maximum atomic E-state index is 5.68. The Bertz CT molecular complexity index is 612. The molecule has 7 heteroatoms. The van der Waals surface area contributed by atoms with Gasteiger partial charge in [0.25, 0.3) is 0 Å². The summed E-state index contributed by atoms with van der Waals surface area (Å²) in [5.41, 5.74) is 1.16. The topological polar surface area (TPSA) is 69.8 Å². The highest BCUT2D eigenvalue weighted by Crippen LogP contribution is 2.32. The van der Waals surface area contributed by atoms with Crippen LogP contribution in [0.2, 0.25) is 0 Å². The highest BCUT2D eigenvalue weighted by molar-refractivity contribution is 5.31. The van der Waals surface area contributed by atoms with Gasteiger partial charge in [0.2, 0.25) is 5.95 Å². The van der Waals surface area contributed by atoms with E-state index in [1.165, 1.54) is 0 Å². The molecule has 2 aromatic heterocycles. The molecule has 0 radical (unpaired) electrons. The van der Waals surface area contributed by atoms with Gasteiger partial charge in [-0.05, 0) is 25.3 Å². The molecule has 1 fully saturated rings. The first-order chi connectivity index (χ1) is 9.83. The summed E-state index contributed by atoms with van der Waals surface area (Å²) in [4.78, 5) is 4.61. The number of aromatic nitrogens is 5. The van der Waals surface area contributed by atoms with Crippen LogP contribution in [0.5, 0.6) is 0 Å². The van der Waals surface area contributed by atoms with E-state index in [4.69, 9.17) is 4.74 Å². The first-order valence-corrected chi connectivity index (χ1v) is 7.13. The van der Waals surface area contributed by atoms with Gasteiger partial charge in [0.05, 0.1) is 11.7 Å². The molecule has 2 aromatic rings. The Labute approximate surface area is 116 Å². The quantitative estimate of drug-likeness (QED) is 0.893. The van der Waals surface area contributed by atoms with Gasteiger partial charge in [0.15, 0.2) is 5.82 Å². The van der Waals surface area contributed by atoms with Crippen molar-refractivity contribution in [3.8, 4) is 0 Å². The molecule has 2 unspecified atom stereocenters. The van der Waals surface area contributed by atoms with Crippen LogP contribution in [0.15, 0.2) is 12.3 Å². The molecule has 0 amide bonds. The third-order valence-corrected chi connectivity index (χ3v) is 4.06. The van der Waals surface area contributed by atoms with Crippen molar-refractivity contribution in [2.45, 2.75) is 31.4 Å². The fourth-order valence-corrected chi connectivity index (χ4v) is 3.02. The lowest BCUT2D eigenvalue weighted by Gasteiger charge is -2.24. The van der Waals surface area contributed by atoms with Crippen molar-refractivity contribution >= 4 is 5.95 Å². The number of fused-ring (bicyclic) bond motifs is 1. The number of anilines is 1. The Morgan fingerprint density at radius 3 is 3.10 bits per heavy atom. The minimum atomic E-state index is 0.0575. The third kappa shape index (κ3) is 1.81. The Morgan fingerprint density at radius 2 is 2.35 bits per heavy atom. The predicted octanol–water partition coefficient (Wildman–Crippen LogP) is 1.27. The molecule has 4 rings (SSSR count). The molecule has 2 atom stereocenters. The normalized spacial score (nSPS) is 25.4. The lowest BCUT2D eigenvalue weighted by atomic mass is 10.1. The van der Waals surface area contributed by atoms with Gasteiger partial charge in [-0.25, -0.2) is 4.68 Å². The summed E-state index contributed by atoms with van der Waals surface area (Å²) in [7, 11) is 1.97.